The average molecular weight is 166 g/mol. The van der Waals surface area contributed by atoms with Crippen LogP contribution in [0.5, 0.6) is 0 Å². The fraction of sp³-hybridized carbons (Fsp3) is 1.00. The summed E-state index contributed by atoms with van der Waals surface area (Å²) in [6, 6.07) is 0.257. The van der Waals surface area contributed by atoms with Gasteiger partial charge in [-0.25, -0.2) is 5.14 Å². The Hall–Kier alpha value is 0.190. The van der Waals surface area contributed by atoms with Crippen LogP contribution in [-0.2, 0) is 4.18 Å². The molecule has 3 N–H and O–H groups in total. The molecule has 1 aliphatic heterocycles. The van der Waals surface area contributed by atoms with Gasteiger partial charge in [0.1, 0.15) is 0 Å². The van der Waals surface area contributed by atoms with Gasteiger partial charge in [-0.2, -0.15) is 4.31 Å². The molecular formula is C5H14N2O2S. The highest BCUT2D eigenvalue weighted by molar-refractivity contribution is 8.21. The van der Waals surface area contributed by atoms with E-state index < -0.39 is 11.0 Å². The molecule has 1 saturated heterocycles. The van der Waals surface area contributed by atoms with Crippen LogP contribution in [0.25, 0.3) is 0 Å². The largest absolute Gasteiger partial charge is 0.272 e. The van der Waals surface area contributed by atoms with Gasteiger partial charge in [-0.1, -0.05) is 11.0 Å². The van der Waals surface area contributed by atoms with E-state index in [1.807, 2.05) is 13.8 Å². The molecule has 0 aromatic heterocycles. The summed E-state index contributed by atoms with van der Waals surface area (Å²) < 4.78 is 16.1. The Bertz CT molecular complexity index is 129. The number of rotatable bonds is 1. The fourth-order valence-electron chi connectivity index (χ4n) is 1.01. The van der Waals surface area contributed by atoms with Crippen molar-refractivity contribution in [1.82, 2.24) is 4.31 Å². The number of nitrogens with zero attached hydrogens (tertiary/aromatic N) is 1. The third-order valence-electron chi connectivity index (χ3n) is 1.48. The molecule has 1 atom stereocenters. The Balaban J connectivity index is 2.59. The summed E-state index contributed by atoms with van der Waals surface area (Å²) in [6.45, 7) is 5.25. The fourth-order valence-corrected chi connectivity index (χ4v) is 2.40. The van der Waals surface area contributed by atoms with Crippen molar-refractivity contribution in [3.05, 3.63) is 0 Å². The van der Waals surface area contributed by atoms with Crippen LogP contribution in [0, 0.1) is 0 Å². The molecule has 1 rings (SSSR count). The number of hydrogen-bond acceptors (Lipinski definition) is 4. The van der Waals surface area contributed by atoms with E-state index in [-0.39, 0.29) is 6.04 Å². The zero-order chi connectivity index (χ0) is 7.78. The number of hydrogen-bond donors (Lipinski definition) is 2. The predicted octanol–water partition coefficient (Wildman–Crippen LogP) is 0.708. The van der Waals surface area contributed by atoms with Crippen molar-refractivity contribution in [2.45, 2.75) is 19.9 Å². The van der Waals surface area contributed by atoms with E-state index in [1.54, 1.807) is 4.31 Å². The summed E-state index contributed by atoms with van der Waals surface area (Å²) in [5.41, 5.74) is 0. The van der Waals surface area contributed by atoms with Crippen molar-refractivity contribution in [1.29, 1.82) is 0 Å². The summed E-state index contributed by atoms with van der Waals surface area (Å²) in [7, 11) is -2.35. The molecule has 0 aromatic carbocycles. The van der Waals surface area contributed by atoms with Gasteiger partial charge >= 0.3 is 0 Å². The number of nitrogens with two attached hydrogens (primary N) is 1. The topological polar surface area (TPSA) is 58.7 Å². The summed E-state index contributed by atoms with van der Waals surface area (Å²) in [5, 5.41) is 5.47. The first kappa shape index (κ1) is 8.29. The van der Waals surface area contributed by atoms with E-state index >= 15 is 0 Å². The third-order valence-corrected chi connectivity index (χ3v) is 3.27. The Morgan fingerprint density at radius 1 is 1.70 bits per heavy atom. The van der Waals surface area contributed by atoms with Crippen molar-refractivity contribution in [2.24, 2.45) is 5.14 Å². The highest BCUT2D eigenvalue weighted by atomic mass is 32.3. The maximum Gasteiger partial charge on any atom is 0.0889 e. The van der Waals surface area contributed by atoms with Crippen LogP contribution in [0.2, 0.25) is 0 Å². The highest BCUT2D eigenvalue weighted by Crippen LogP contribution is 2.45. The van der Waals surface area contributed by atoms with Crippen LogP contribution in [-0.4, -0.2) is 28.1 Å². The Kier molecular flexibility index (Phi) is 2.21. The van der Waals surface area contributed by atoms with Crippen molar-refractivity contribution < 1.29 is 8.74 Å². The highest BCUT2D eigenvalue weighted by Gasteiger charge is 2.30. The first-order valence-corrected chi connectivity index (χ1v) is 4.82. The Morgan fingerprint density at radius 3 is 2.50 bits per heavy atom. The first-order valence-electron chi connectivity index (χ1n) is 3.29. The molecule has 1 aliphatic rings. The lowest BCUT2D eigenvalue weighted by atomic mass is 10.4. The minimum atomic E-state index is -2.35. The van der Waals surface area contributed by atoms with E-state index in [1.165, 1.54) is 0 Å². The molecule has 0 spiro atoms. The summed E-state index contributed by atoms with van der Waals surface area (Å²) in [5.74, 6) is 0. The molecule has 4 nitrogen and oxygen atoms in total. The second-order valence-electron chi connectivity index (χ2n) is 2.59. The minimum absolute atomic E-state index is 0.257. The zero-order valence-electron chi connectivity index (χ0n) is 6.28. The molecule has 0 bridgehead atoms. The van der Waals surface area contributed by atoms with E-state index in [2.05, 4.69) is 0 Å². The van der Waals surface area contributed by atoms with Gasteiger partial charge in [0.15, 0.2) is 0 Å². The van der Waals surface area contributed by atoms with Crippen LogP contribution in [0.3, 0.4) is 0 Å². The van der Waals surface area contributed by atoms with Gasteiger partial charge in [-0.3, -0.25) is 8.74 Å². The van der Waals surface area contributed by atoms with Crippen LogP contribution in [0.4, 0.5) is 0 Å². The van der Waals surface area contributed by atoms with Crippen LogP contribution in [0.1, 0.15) is 13.8 Å². The lowest BCUT2D eigenvalue weighted by Crippen LogP contribution is -2.33. The van der Waals surface area contributed by atoms with Gasteiger partial charge in [-0.15, -0.1) is 0 Å². The molecule has 62 valence electrons. The average Bonchev–Trinajstić information content (AvgIpc) is 2.08. The van der Waals surface area contributed by atoms with E-state index in [0.29, 0.717) is 6.61 Å². The maximum atomic E-state index is 9.39. The van der Waals surface area contributed by atoms with Crippen molar-refractivity contribution in [3.63, 3.8) is 0 Å². The Morgan fingerprint density at radius 2 is 2.30 bits per heavy atom. The van der Waals surface area contributed by atoms with Crippen molar-refractivity contribution in [3.8, 4) is 0 Å². The van der Waals surface area contributed by atoms with Crippen LogP contribution < -0.4 is 5.14 Å². The molecular weight excluding hydrogens is 152 g/mol. The summed E-state index contributed by atoms with van der Waals surface area (Å²) >= 11 is 0. The Labute approximate surface area is 62.9 Å². The molecule has 0 amide bonds. The van der Waals surface area contributed by atoms with Gasteiger partial charge in [0.05, 0.1) is 6.61 Å². The third kappa shape index (κ3) is 1.43. The van der Waals surface area contributed by atoms with Gasteiger partial charge in [0.2, 0.25) is 0 Å². The molecule has 0 radical (unpaired) electrons. The summed E-state index contributed by atoms with van der Waals surface area (Å²) in [4.78, 5) is 0. The lowest BCUT2D eigenvalue weighted by Gasteiger charge is -2.38. The van der Waals surface area contributed by atoms with Crippen molar-refractivity contribution in [2.75, 3.05) is 13.2 Å². The normalized spacial score (nSPS) is 42.1. The molecule has 0 saturated carbocycles. The van der Waals surface area contributed by atoms with Gasteiger partial charge < -0.3 is 0 Å². The van der Waals surface area contributed by atoms with E-state index in [9.17, 15) is 4.55 Å². The minimum Gasteiger partial charge on any atom is -0.272 e. The van der Waals surface area contributed by atoms with Gasteiger partial charge in [0, 0.05) is 12.6 Å². The standard InChI is InChI=1S/C5H14N2O2S/c1-5(2)7-3-4-9-10(7,6)8/h5,8H,3-4,6H2,1-2H3. The molecule has 5 heteroatoms. The van der Waals surface area contributed by atoms with E-state index in [0.717, 1.165) is 6.54 Å². The molecule has 1 fully saturated rings. The molecule has 10 heavy (non-hydrogen) atoms. The van der Waals surface area contributed by atoms with E-state index in [4.69, 9.17) is 9.32 Å². The summed E-state index contributed by atoms with van der Waals surface area (Å²) in [6.07, 6.45) is 0. The molecule has 0 aliphatic carbocycles. The molecule has 1 heterocycles. The first-order chi connectivity index (χ1) is 4.54. The van der Waals surface area contributed by atoms with Crippen LogP contribution in [0.15, 0.2) is 0 Å². The second kappa shape index (κ2) is 2.67. The quantitative estimate of drug-likeness (QED) is 0.602. The molecule has 0 aromatic rings. The molecule has 1 unspecified atom stereocenters. The van der Waals surface area contributed by atoms with Gasteiger partial charge in [0.25, 0.3) is 0 Å². The maximum absolute atomic E-state index is 9.39. The predicted molar refractivity (Wildman–Crippen MR) is 42.2 cm³/mol. The smallest absolute Gasteiger partial charge is 0.0889 e. The SMILES string of the molecule is CC(C)N1CCOS1(N)O. The van der Waals surface area contributed by atoms with Crippen LogP contribution >= 0.6 is 11.0 Å². The van der Waals surface area contributed by atoms with Gasteiger partial charge in [-0.05, 0) is 13.8 Å². The lowest BCUT2D eigenvalue weighted by molar-refractivity contribution is 0.360. The van der Waals surface area contributed by atoms with Crippen molar-refractivity contribution >= 4 is 11.0 Å². The zero-order valence-corrected chi connectivity index (χ0v) is 7.10. The monoisotopic (exact) mass is 166 g/mol. The second-order valence-corrected chi connectivity index (χ2v) is 4.37.